The van der Waals surface area contributed by atoms with E-state index >= 15 is 0 Å². The summed E-state index contributed by atoms with van der Waals surface area (Å²) >= 11 is 7.31. The number of hydrogen-bond donors (Lipinski definition) is 1. The third-order valence-electron chi connectivity index (χ3n) is 3.32. The molecule has 2 aromatic rings. The lowest BCUT2D eigenvalue weighted by Gasteiger charge is -2.20. The van der Waals surface area contributed by atoms with Crippen molar-refractivity contribution in [2.45, 2.75) is 12.8 Å². The van der Waals surface area contributed by atoms with Gasteiger partial charge in [-0.15, -0.1) is 10.2 Å². The van der Waals surface area contributed by atoms with Gasteiger partial charge in [-0.25, -0.2) is 0 Å². The van der Waals surface area contributed by atoms with Crippen molar-refractivity contribution in [2.24, 2.45) is 5.92 Å². The Morgan fingerprint density at radius 1 is 1.33 bits per heavy atom. The van der Waals surface area contributed by atoms with Gasteiger partial charge < -0.3 is 10.1 Å². The van der Waals surface area contributed by atoms with Gasteiger partial charge in [-0.05, 0) is 25.0 Å². The Hall–Kier alpha value is -1.50. The second kappa shape index (κ2) is 6.51. The largest absolute Gasteiger partial charge is 0.381 e. The second-order valence-electron chi connectivity index (χ2n) is 4.80. The first-order chi connectivity index (χ1) is 10.2. The van der Waals surface area contributed by atoms with Gasteiger partial charge in [-0.3, -0.25) is 4.79 Å². The smallest absolute Gasteiger partial charge is 0.229 e. The number of carbonyl (C=O) groups excluding carboxylic acids is 1. The summed E-state index contributed by atoms with van der Waals surface area (Å²) in [7, 11) is 0. The predicted octanol–water partition coefficient (Wildman–Crippen LogP) is 3.22. The first kappa shape index (κ1) is 14.4. The van der Waals surface area contributed by atoms with Crippen LogP contribution in [-0.2, 0) is 9.53 Å². The summed E-state index contributed by atoms with van der Waals surface area (Å²) in [4.78, 5) is 12.1. The van der Waals surface area contributed by atoms with E-state index in [0.29, 0.717) is 23.4 Å². The molecule has 0 bridgehead atoms. The molecule has 1 amide bonds. The third kappa shape index (κ3) is 3.58. The average molecular weight is 324 g/mol. The van der Waals surface area contributed by atoms with Gasteiger partial charge in [0.05, 0.1) is 0 Å². The molecular formula is C14H14ClN3O2S. The van der Waals surface area contributed by atoms with E-state index in [1.54, 1.807) is 6.07 Å². The highest BCUT2D eigenvalue weighted by Gasteiger charge is 2.22. The van der Waals surface area contributed by atoms with Crippen molar-refractivity contribution in [3.05, 3.63) is 29.3 Å². The molecule has 1 saturated heterocycles. The van der Waals surface area contributed by atoms with E-state index in [0.717, 1.165) is 23.4 Å². The maximum absolute atomic E-state index is 12.1. The lowest BCUT2D eigenvalue weighted by atomic mass is 10.00. The van der Waals surface area contributed by atoms with E-state index in [1.165, 1.54) is 11.3 Å². The van der Waals surface area contributed by atoms with Crippen LogP contribution in [0.3, 0.4) is 0 Å². The zero-order chi connectivity index (χ0) is 14.7. The quantitative estimate of drug-likeness (QED) is 0.942. The Morgan fingerprint density at radius 3 is 2.90 bits per heavy atom. The van der Waals surface area contributed by atoms with Crippen LogP contribution in [-0.4, -0.2) is 29.3 Å². The fourth-order valence-electron chi connectivity index (χ4n) is 2.18. The standard InChI is InChI=1S/C14H14ClN3O2S/c15-11-3-1-2-10(8-11)13-17-18-14(21-13)16-12(19)9-4-6-20-7-5-9/h1-3,8-9H,4-7H2,(H,16,18,19). The molecule has 1 fully saturated rings. The summed E-state index contributed by atoms with van der Waals surface area (Å²) in [5.41, 5.74) is 0.895. The van der Waals surface area contributed by atoms with E-state index < -0.39 is 0 Å². The van der Waals surface area contributed by atoms with Crippen LogP contribution >= 0.6 is 22.9 Å². The van der Waals surface area contributed by atoms with Crippen molar-refractivity contribution in [1.29, 1.82) is 0 Å². The Morgan fingerprint density at radius 2 is 2.14 bits per heavy atom. The van der Waals surface area contributed by atoms with Gasteiger partial charge in [0.2, 0.25) is 11.0 Å². The number of ether oxygens (including phenoxy) is 1. The van der Waals surface area contributed by atoms with Gasteiger partial charge in [0, 0.05) is 29.7 Å². The molecule has 0 saturated carbocycles. The number of halogens is 1. The number of rotatable bonds is 3. The van der Waals surface area contributed by atoms with Crippen molar-refractivity contribution in [3.63, 3.8) is 0 Å². The van der Waals surface area contributed by atoms with Gasteiger partial charge in [0.25, 0.3) is 0 Å². The zero-order valence-electron chi connectivity index (χ0n) is 11.2. The van der Waals surface area contributed by atoms with Gasteiger partial charge in [-0.1, -0.05) is 35.1 Å². The Kier molecular flexibility index (Phi) is 4.48. The third-order valence-corrected chi connectivity index (χ3v) is 4.44. The highest BCUT2D eigenvalue weighted by molar-refractivity contribution is 7.18. The van der Waals surface area contributed by atoms with Crippen LogP contribution in [0.4, 0.5) is 5.13 Å². The molecule has 0 aliphatic carbocycles. The van der Waals surface area contributed by atoms with E-state index in [4.69, 9.17) is 16.3 Å². The van der Waals surface area contributed by atoms with Crippen LogP contribution in [0.15, 0.2) is 24.3 Å². The molecular weight excluding hydrogens is 310 g/mol. The SMILES string of the molecule is O=C(Nc1nnc(-c2cccc(Cl)c2)s1)C1CCOCC1. The minimum Gasteiger partial charge on any atom is -0.381 e. The first-order valence-corrected chi connectivity index (χ1v) is 7.90. The summed E-state index contributed by atoms with van der Waals surface area (Å²) < 4.78 is 5.26. The molecule has 5 nitrogen and oxygen atoms in total. The predicted molar refractivity (Wildman–Crippen MR) is 82.5 cm³/mol. The average Bonchev–Trinajstić information content (AvgIpc) is 2.97. The van der Waals surface area contributed by atoms with Gasteiger partial charge >= 0.3 is 0 Å². The molecule has 0 atom stereocenters. The molecule has 2 heterocycles. The molecule has 21 heavy (non-hydrogen) atoms. The minimum absolute atomic E-state index is 0.00253. The lowest BCUT2D eigenvalue weighted by Crippen LogP contribution is -2.28. The monoisotopic (exact) mass is 323 g/mol. The maximum atomic E-state index is 12.1. The van der Waals surface area contributed by atoms with E-state index in [-0.39, 0.29) is 11.8 Å². The number of nitrogens with zero attached hydrogens (tertiary/aromatic N) is 2. The maximum Gasteiger partial charge on any atom is 0.229 e. The number of anilines is 1. The van der Waals surface area contributed by atoms with Crippen molar-refractivity contribution in [1.82, 2.24) is 10.2 Å². The number of benzene rings is 1. The molecule has 7 heteroatoms. The molecule has 1 aliphatic rings. The normalized spacial score (nSPS) is 15.9. The number of amides is 1. The van der Waals surface area contributed by atoms with Gasteiger partial charge in [0.15, 0.2) is 0 Å². The Labute approximate surface area is 131 Å². The number of nitrogens with one attached hydrogen (secondary N) is 1. The van der Waals surface area contributed by atoms with Crippen molar-refractivity contribution in [3.8, 4) is 10.6 Å². The highest BCUT2D eigenvalue weighted by Crippen LogP contribution is 2.28. The van der Waals surface area contributed by atoms with Crippen LogP contribution in [0, 0.1) is 5.92 Å². The number of aromatic nitrogens is 2. The van der Waals surface area contributed by atoms with Crippen LogP contribution in [0.1, 0.15) is 12.8 Å². The summed E-state index contributed by atoms with van der Waals surface area (Å²) in [5, 5.41) is 12.8. The van der Waals surface area contributed by atoms with Crippen LogP contribution < -0.4 is 5.32 Å². The van der Waals surface area contributed by atoms with Crippen molar-refractivity contribution < 1.29 is 9.53 Å². The van der Waals surface area contributed by atoms with Crippen LogP contribution in [0.25, 0.3) is 10.6 Å². The summed E-state index contributed by atoms with van der Waals surface area (Å²) in [6, 6.07) is 7.40. The molecule has 0 spiro atoms. The van der Waals surface area contributed by atoms with Crippen molar-refractivity contribution in [2.75, 3.05) is 18.5 Å². The van der Waals surface area contributed by atoms with E-state index in [1.807, 2.05) is 18.2 Å². The molecule has 1 aromatic carbocycles. The van der Waals surface area contributed by atoms with Crippen molar-refractivity contribution >= 4 is 34.0 Å². The fraction of sp³-hybridized carbons (Fsp3) is 0.357. The van der Waals surface area contributed by atoms with Crippen LogP contribution in [0.2, 0.25) is 5.02 Å². The molecule has 1 aromatic heterocycles. The summed E-state index contributed by atoms with van der Waals surface area (Å²) in [5.74, 6) is -0.00985. The topological polar surface area (TPSA) is 64.1 Å². The minimum atomic E-state index is -0.00732. The van der Waals surface area contributed by atoms with E-state index in [2.05, 4.69) is 15.5 Å². The highest BCUT2D eigenvalue weighted by atomic mass is 35.5. The molecule has 0 radical (unpaired) electrons. The molecule has 1 N–H and O–H groups in total. The summed E-state index contributed by atoms with van der Waals surface area (Å²) in [6.07, 6.45) is 1.51. The summed E-state index contributed by atoms with van der Waals surface area (Å²) in [6.45, 7) is 1.28. The van der Waals surface area contributed by atoms with Gasteiger partial charge in [-0.2, -0.15) is 0 Å². The lowest BCUT2D eigenvalue weighted by molar-refractivity contribution is -0.122. The van der Waals surface area contributed by atoms with E-state index in [9.17, 15) is 4.79 Å². The Balaban J connectivity index is 1.69. The number of carbonyl (C=O) groups is 1. The fourth-order valence-corrected chi connectivity index (χ4v) is 3.11. The molecule has 3 rings (SSSR count). The Bertz CT molecular complexity index is 641. The molecule has 1 aliphatic heterocycles. The number of hydrogen-bond acceptors (Lipinski definition) is 5. The van der Waals surface area contributed by atoms with Crippen LogP contribution in [0.5, 0.6) is 0 Å². The second-order valence-corrected chi connectivity index (χ2v) is 6.21. The molecule has 110 valence electrons. The van der Waals surface area contributed by atoms with Gasteiger partial charge in [0.1, 0.15) is 5.01 Å². The molecule has 0 unspecified atom stereocenters. The zero-order valence-corrected chi connectivity index (χ0v) is 12.8. The first-order valence-electron chi connectivity index (χ1n) is 6.70.